The first-order valence-corrected chi connectivity index (χ1v) is 8.75. The van der Waals surface area contributed by atoms with Crippen LogP contribution in [0.1, 0.15) is 23.9 Å². The van der Waals surface area contributed by atoms with Crippen molar-refractivity contribution in [2.75, 3.05) is 37.4 Å². The first-order chi connectivity index (χ1) is 12.5. The molecule has 3 N–H and O–H groups in total. The molecule has 1 aromatic heterocycles. The Kier molecular flexibility index (Phi) is 7.20. The lowest BCUT2D eigenvalue weighted by molar-refractivity contribution is -0.120. The molecule has 0 fully saturated rings. The fourth-order valence-corrected chi connectivity index (χ4v) is 2.62. The molecule has 1 heterocycles. The molecule has 0 saturated carbocycles. The van der Waals surface area contributed by atoms with Gasteiger partial charge in [0.1, 0.15) is 23.2 Å². The van der Waals surface area contributed by atoms with Crippen LogP contribution in [0.2, 0.25) is 0 Å². The highest BCUT2D eigenvalue weighted by Gasteiger charge is 2.06. The van der Waals surface area contributed by atoms with Crippen molar-refractivity contribution in [3.05, 3.63) is 41.2 Å². The highest BCUT2D eigenvalue weighted by Crippen LogP contribution is 2.18. The number of aromatic nitrogens is 2. The molecule has 2 aromatic rings. The van der Waals surface area contributed by atoms with E-state index in [9.17, 15) is 4.79 Å². The molecule has 0 bridgehead atoms. The predicted octanol–water partition coefficient (Wildman–Crippen LogP) is 2.30. The van der Waals surface area contributed by atoms with Gasteiger partial charge >= 0.3 is 0 Å². The number of aryl methyl sites for hydroxylation is 2. The van der Waals surface area contributed by atoms with Crippen molar-refractivity contribution in [2.24, 2.45) is 0 Å². The van der Waals surface area contributed by atoms with Crippen LogP contribution in [-0.2, 0) is 11.2 Å². The lowest BCUT2D eigenvalue weighted by Gasteiger charge is -2.10. The molecule has 1 amide bonds. The van der Waals surface area contributed by atoms with E-state index in [1.54, 1.807) is 7.11 Å². The first-order valence-electron chi connectivity index (χ1n) is 8.75. The normalized spacial score (nSPS) is 10.3. The second kappa shape index (κ2) is 9.60. The summed E-state index contributed by atoms with van der Waals surface area (Å²) >= 11 is 0. The number of carbonyl (C=O) groups excluding carboxylic acids is 1. The zero-order valence-electron chi connectivity index (χ0n) is 15.8. The lowest BCUT2D eigenvalue weighted by Crippen LogP contribution is -2.30. The minimum Gasteiger partial charge on any atom is -0.496 e. The van der Waals surface area contributed by atoms with Crippen LogP contribution in [0.3, 0.4) is 0 Å². The number of anilines is 2. The molecule has 0 unspecified atom stereocenters. The summed E-state index contributed by atoms with van der Waals surface area (Å²) in [7, 11) is 1.64. The van der Waals surface area contributed by atoms with Crippen LogP contribution in [0.25, 0.3) is 0 Å². The number of rotatable bonds is 9. The van der Waals surface area contributed by atoms with Crippen molar-refractivity contribution in [1.29, 1.82) is 0 Å². The summed E-state index contributed by atoms with van der Waals surface area (Å²) < 4.78 is 5.23. The largest absolute Gasteiger partial charge is 0.496 e. The van der Waals surface area contributed by atoms with Crippen molar-refractivity contribution in [3.8, 4) is 5.75 Å². The summed E-state index contributed by atoms with van der Waals surface area (Å²) in [6, 6.07) is 7.63. The molecule has 0 aliphatic heterocycles. The fraction of sp³-hybridized carbons (Fsp3) is 0.421. The highest BCUT2D eigenvalue weighted by atomic mass is 16.5. The number of carbonyl (C=O) groups is 1. The van der Waals surface area contributed by atoms with Crippen LogP contribution in [0.5, 0.6) is 5.75 Å². The minimum atomic E-state index is -0.0106. The molecule has 0 radical (unpaired) electrons. The molecule has 140 valence electrons. The number of nitrogens with one attached hydrogen (secondary N) is 3. The number of hydrogen-bond acceptors (Lipinski definition) is 6. The molecule has 0 atom stereocenters. The SMILES string of the molecule is CCNc1cc(NCCNC(=O)Cc2ccc(OC)c(C)c2)nc(C)n1. The molecule has 0 spiro atoms. The number of ether oxygens (including phenoxy) is 1. The van der Waals surface area contributed by atoms with Gasteiger partial charge in [0.25, 0.3) is 0 Å². The van der Waals surface area contributed by atoms with Gasteiger partial charge in [0, 0.05) is 25.7 Å². The van der Waals surface area contributed by atoms with Crippen molar-refractivity contribution < 1.29 is 9.53 Å². The van der Waals surface area contributed by atoms with Gasteiger partial charge in [0.2, 0.25) is 5.91 Å². The summed E-state index contributed by atoms with van der Waals surface area (Å²) in [5.41, 5.74) is 1.99. The third-order valence-corrected chi connectivity index (χ3v) is 3.77. The quantitative estimate of drug-likeness (QED) is 0.597. The number of methoxy groups -OCH3 is 1. The van der Waals surface area contributed by atoms with Crippen molar-refractivity contribution in [3.63, 3.8) is 0 Å². The summed E-state index contributed by atoms with van der Waals surface area (Å²) in [4.78, 5) is 20.7. The van der Waals surface area contributed by atoms with Gasteiger partial charge in [-0.15, -0.1) is 0 Å². The highest BCUT2D eigenvalue weighted by molar-refractivity contribution is 5.78. The number of hydrogen-bond donors (Lipinski definition) is 3. The lowest BCUT2D eigenvalue weighted by atomic mass is 10.1. The second-order valence-corrected chi connectivity index (χ2v) is 5.97. The Hall–Kier alpha value is -2.83. The van der Waals surface area contributed by atoms with Gasteiger partial charge in [-0.05, 0) is 38.0 Å². The summed E-state index contributed by atoms with van der Waals surface area (Å²) in [5.74, 6) is 3.05. The number of nitrogens with zero attached hydrogens (tertiary/aromatic N) is 2. The average Bonchev–Trinajstić information content (AvgIpc) is 2.59. The summed E-state index contributed by atoms with van der Waals surface area (Å²) in [6.45, 7) is 7.75. The van der Waals surface area contributed by atoms with Crippen molar-refractivity contribution in [1.82, 2.24) is 15.3 Å². The Morgan fingerprint density at radius 3 is 2.46 bits per heavy atom. The molecule has 0 aliphatic rings. The van der Waals surface area contributed by atoms with E-state index in [0.717, 1.165) is 35.1 Å². The van der Waals surface area contributed by atoms with E-state index in [1.807, 2.05) is 45.0 Å². The Bertz CT molecular complexity index is 749. The van der Waals surface area contributed by atoms with Gasteiger partial charge in [-0.2, -0.15) is 0 Å². The van der Waals surface area contributed by atoms with Gasteiger partial charge in [0.05, 0.1) is 13.5 Å². The van der Waals surface area contributed by atoms with Crippen LogP contribution < -0.4 is 20.7 Å². The molecule has 0 aliphatic carbocycles. The average molecular weight is 357 g/mol. The molecule has 26 heavy (non-hydrogen) atoms. The molecule has 7 heteroatoms. The van der Waals surface area contributed by atoms with E-state index in [-0.39, 0.29) is 5.91 Å². The molecule has 1 aromatic carbocycles. The van der Waals surface area contributed by atoms with Crippen LogP contribution in [0, 0.1) is 13.8 Å². The monoisotopic (exact) mass is 357 g/mol. The third-order valence-electron chi connectivity index (χ3n) is 3.77. The Morgan fingerprint density at radius 2 is 1.81 bits per heavy atom. The van der Waals surface area contributed by atoms with Crippen LogP contribution in [0.15, 0.2) is 24.3 Å². The predicted molar refractivity (Wildman–Crippen MR) is 104 cm³/mol. The van der Waals surface area contributed by atoms with Gasteiger partial charge in [0.15, 0.2) is 0 Å². The molecule has 0 saturated heterocycles. The van der Waals surface area contributed by atoms with E-state index in [0.29, 0.717) is 25.3 Å². The first kappa shape index (κ1) is 19.5. The minimum absolute atomic E-state index is 0.0106. The van der Waals surface area contributed by atoms with E-state index in [2.05, 4.69) is 25.9 Å². The Labute approximate surface area is 154 Å². The zero-order valence-corrected chi connectivity index (χ0v) is 15.8. The maximum atomic E-state index is 12.1. The summed E-state index contributed by atoms with van der Waals surface area (Å²) in [5, 5.41) is 9.29. The van der Waals surface area contributed by atoms with Gasteiger partial charge in [-0.3, -0.25) is 4.79 Å². The van der Waals surface area contributed by atoms with Crippen LogP contribution in [-0.4, -0.2) is 42.6 Å². The third kappa shape index (κ3) is 5.91. The van der Waals surface area contributed by atoms with E-state index in [1.165, 1.54) is 0 Å². The molecular weight excluding hydrogens is 330 g/mol. The molecular formula is C19H27N5O2. The van der Waals surface area contributed by atoms with Crippen LogP contribution in [0.4, 0.5) is 11.6 Å². The standard InChI is InChI=1S/C19H27N5O2/c1-5-20-17-12-18(24-14(3)23-17)21-8-9-22-19(25)11-15-6-7-16(26-4)13(2)10-15/h6-7,10,12H,5,8-9,11H2,1-4H3,(H,22,25)(H2,20,21,23,24). The Morgan fingerprint density at radius 1 is 1.08 bits per heavy atom. The molecule has 2 rings (SSSR count). The number of benzene rings is 1. The maximum Gasteiger partial charge on any atom is 0.224 e. The van der Waals surface area contributed by atoms with E-state index >= 15 is 0 Å². The molecule has 7 nitrogen and oxygen atoms in total. The van der Waals surface area contributed by atoms with Gasteiger partial charge in [-0.1, -0.05) is 12.1 Å². The Balaban J connectivity index is 1.77. The maximum absolute atomic E-state index is 12.1. The second-order valence-electron chi connectivity index (χ2n) is 5.97. The smallest absolute Gasteiger partial charge is 0.224 e. The van der Waals surface area contributed by atoms with Crippen molar-refractivity contribution >= 4 is 17.5 Å². The zero-order chi connectivity index (χ0) is 18.9. The van der Waals surface area contributed by atoms with E-state index in [4.69, 9.17) is 4.74 Å². The van der Waals surface area contributed by atoms with E-state index < -0.39 is 0 Å². The summed E-state index contributed by atoms with van der Waals surface area (Å²) in [6.07, 6.45) is 0.349. The van der Waals surface area contributed by atoms with Gasteiger partial charge in [-0.25, -0.2) is 9.97 Å². The van der Waals surface area contributed by atoms with Crippen molar-refractivity contribution in [2.45, 2.75) is 27.2 Å². The topological polar surface area (TPSA) is 88.2 Å². The fourth-order valence-electron chi connectivity index (χ4n) is 2.62. The van der Waals surface area contributed by atoms with Crippen LogP contribution >= 0.6 is 0 Å². The number of amides is 1. The van der Waals surface area contributed by atoms with Gasteiger partial charge < -0.3 is 20.7 Å².